The summed E-state index contributed by atoms with van der Waals surface area (Å²) in [6.07, 6.45) is 2.06. The van der Waals surface area contributed by atoms with Crippen LogP contribution in [0.25, 0.3) is 0 Å². The summed E-state index contributed by atoms with van der Waals surface area (Å²) in [6.45, 7) is 4.35. The molecule has 2 aromatic rings. The highest BCUT2D eigenvalue weighted by molar-refractivity contribution is 7.92. The van der Waals surface area contributed by atoms with E-state index in [1.54, 1.807) is 37.3 Å². The molecule has 0 aromatic heterocycles. The SMILES string of the molecule is CCCNC(=O)[C@H](CC)N(Cc1ccc(Cl)cc1Cl)C(=O)CN(c1ccc2c(c1)OCCO2)S(C)(=O)=O. The number of rotatable bonds is 11. The van der Waals surface area contributed by atoms with Crippen LogP contribution in [-0.4, -0.2) is 63.7 Å². The van der Waals surface area contributed by atoms with Crippen molar-refractivity contribution in [3.05, 3.63) is 52.0 Å². The first-order valence-electron chi connectivity index (χ1n) is 11.9. The average molecular weight is 573 g/mol. The van der Waals surface area contributed by atoms with Crippen molar-refractivity contribution in [1.29, 1.82) is 0 Å². The standard InChI is InChI=1S/C25H31Cl2N3O6S/c1-4-10-28-25(32)21(5-2)29(15-17-6-7-18(26)13-20(17)27)24(31)16-30(37(3,33)34)19-8-9-22-23(14-19)36-12-11-35-22/h6-9,13-14,21H,4-5,10-12,15-16H2,1-3H3,(H,28,32)/t21-/m0/s1. The van der Waals surface area contributed by atoms with Gasteiger partial charge in [0.2, 0.25) is 21.8 Å². The normalized spacial score (nSPS) is 13.5. The minimum absolute atomic E-state index is 0.00831. The Morgan fingerprint density at radius 1 is 1.05 bits per heavy atom. The van der Waals surface area contributed by atoms with Gasteiger partial charge < -0.3 is 19.7 Å². The van der Waals surface area contributed by atoms with E-state index in [4.69, 9.17) is 32.7 Å². The van der Waals surface area contributed by atoms with Crippen LogP contribution >= 0.6 is 23.2 Å². The topological polar surface area (TPSA) is 105 Å². The maximum Gasteiger partial charge on any atom is 0.244 e. The molecule has 2 aromatic carbocycles. The van der Waals surface area contributed by atoms with Gasteiger partial charge >= 0.3 is 0 Å². The summed E-state index contributed by atoms with van der Waals surface area (Å²) in [5.74, 6) is -0.00898. The van der Waals surface area contributed by atoms with E-state index in [1.165, 1.54) is 11.0 Å². The first kappa shape index (κ1) is 28.9. The summed E-state index contributed by atoms with van der Waals surface area (Å²) in [7, 11) is -3.88. The third-order valence-corrected chi connectivity index (χ3v) is 7.51. The molecule has 37 heavy (non-hydrogen) atoms. The van der Waals surface area contributed by atoms with Crippen molar-refractivity contribution < 1.29 is 27.5 Å². The number of halogens is 2. The van der Waals surface area contributed by atoms with E-state index in [9.17, 15) is 18.0 Å². The molecule has 3 rings (SSSR count). The van der Waals surface area contributed by atoms with Crippen molar-refractivity contribution in [1.82, 2.24) is 10.2 Å². The number of ether oxygens (including phenoxy) is 2. The van der Waals surface area contributed by atoms with Crippen LogP contribution in [-0.2, 0) is 26.2 Å². The van der Waals surface area contributed by atoms with Crippen LogP contribution in [0.2, 0.25) is 10.0 Å². The van der Waals surface area contributed by atoms with Crippen LogP contribution in [0.15, 0.2) is 36.4 Å². The van der Waals surface area contributed by atoms with E-state index in [0.29, 0.717) is 53.3 Å². The monoisotopic (exact) mass is 571 g/mol. The van der Waals surface area contributed by atoms with E-state index >= 15 is 0 Å². The Bertz CT molecular complexity index is 1240. The predicted molar refractivity (Wildman–Crippen MR) is 144 cm³/mol. The molecule has 0 aliphatic carbocycles. The number of hydrogen-bond donors (Lipinski definition) is 1. The number of nitrogens with one attached hydrogen (secondary N) is 1. The van der Waals surface area contributed by atoms with Gasteiger partial charge in [-0.1, -0.05) is 43.1 Å². The zero-order valence-corrected chi connectivity index (χ0v) is 23.3. The maximum atomic E-state index is 13.7. The number of carbonyl (C=O) groups excluding carboxylic acids is 2. The Morgan fingerprint density at radius 2 is 1.76 bits per heavy atom. The lowest BCUT2D eigenvalue weighted by atomic mass is 10.1. The maximum absolute atomic E-state index is 13.7. The highest BCUT2D eigenvalue weighted by Crippen LogP contribution is 2.35. The molecule has 2 amide bonds. The van der Waals surface area contributed by atoms with Crippen LogP contribution in [0.1, 0.15) is 32.3 Å². The van der Waals surface area contributed by atoms with Crippen LogP contribution in [0.5, 0.6) is 11.5 Å². The quantitative estimate of drug-likeness (QED) is 0.439. The summed E-state index contributed by atoms with van der Waals surface area (Å²) in [6, 6.07) is 8.70. The van der Waals surface area contributed by atoms with Crippen LogP contribution in [0, 0.1) is 0 Å². The van der Waals surface area contributed by atoms with Gasteiger partial charge in [0.1, 0.15) is 25.8 Å². The van der Waals surface area contributed by atoms with Gasteiger partial charge in [-0.3, -0.25) is 13.9 Å². The summed E-state index contributed by atoms with van der Waals surface area (Å²) in [5, 5.41) is 3.59. The van der Waals surface area contributed by atoms with Gasteiger partial charge in [0, 0.05) is 29.2 Å². The Labute approximate surface area is 227 Å². The van der Waals surface area contributed by atoms with Gasteiger partial charge in [0.25, 0.3) is 0 Å². The molecule has 0 saturated heterocycles. The third-order valence-electron chi connectivity index (χ3n) is 5.78. The van der Waals surface area contributed by atoms with E-state index < -0.39 is 28.5 Å². The number of fused-ring (bicyclic) bond motifs is 1. The van der Waals surface area contributed by atoms with Gasteiger partial charge in [0.05, 0.1) is 11.9 Å². The Morgan fingerprint density at radius 3 is 2.38 bits per heavy atom. The number of benzene rings is 2. The van der Waals surface area contributed by atoms with Crippen LogP contribution in [0.4, 0.5) is 5.69 Å². The van der Waals surface area contributed by atoms with E-state index in [-0.39, 0.29) is 18.1 Å². The average Bonchev–Trinajstić information content (AvgIpc) is 2.86. The fourth-order valence-corrected chi connectivity index (χ4v) is 5.23. The fourth-order valence-electron chi connectivity index (χ4n) is 3.92. The summed E-state index contributed by atoms with van der Waals surface area (Å²) < 4.78 is 37.7. The second kappa shape index (κ2) is 12.7. The zero-order valence-electron chi connectivity index (χ0n) is 21.0. The number of hydrogen-bond acceptors (Lipinski definition) is 6. The van der Waals surface area contributed by atoms with Crippen LogP contribution in [0.3, 0.4) is 0 Å². The number of nitrogens with zero attached hydrogens (tertiary/aromatic N) is 2. The van der Waals surface area contributed by atoms with Gasteiger partial charge in [-0.05, 0) is 42.7 Å². The zero-order chi connectivity index (χ0) is 27.2. The molecule has 12 heteroatoms. The molecule has 1 aliphatic rings. The van der Waals surface area contributed by atoms with Gasteiger partial charge in [-0.25, -0.2) is 8.42 Å². The molecule has 1 atom stereocenters. The molecular formula is C25H31Cl2N3O6S. The van der Waals surface area contributed by atoms with Crippen molar-refractivity contribution >= 4 is 50.7 Å². The van der Waals surface area contributed by atoms with Crippen LogP contribution < -0.4 is 19.1 Å². The summed E-state index contributed by atoms with van der Waals surface area (Å²) in [4.78, 5) is 28.1. The second-order valence-electron chi connectivity index (χ2n) is 8.57. The minimum Gasteiger partial charge on any atom is -0.486 e. The lowest BCUT2D eigenvalue weighted by Gasteiger charge is -2.33. The van der Waals surface area contributed by atoms with E-state index in [1.807, 2.05) is 6.92 Å². The number of carbonyl (C=O) groups is 2. The smallest absolute Gasteiger partial charge is 0.244 e. The van der Waals surface area contributed by atoms with Crippen molar-refractivity contribution in [3.8, 4) is 11.5 Å². The largest absolute Gasteiger partial charge is 0.486 e. The number of amides is 2. The lowest BCUT2D eigenvalue weighted by Crippen LogP contribution is -2.52. The number of sulfonamides is 1. The molecule has 0 bridgehead atoms. The highest BCUT2D eigenvalue weighted by Gasteiger charge is 2.32. The van der Waals surface area contributed by atoms with E-state index in [2.05, 4.69) is 5.32 Å². The number of anilines is 1. The van der Waals surface area contributed by atoms with Gasteiger partial charge in [-0.2, -0.15) is 0 Å². The molecule has 0 saturated carbocycles. The Hall–Kier alpha value is -2.69. The summed E-state index contributed by atoms with van der Waals surface area (Å²) in [5.41, 5.74) is 0.819. The molecule has 1 aliphatic heterocycles. The third kappa shape index (κ3) is 7.43. The fraction of sp³-hybridized carbons (Fsp3) is 0.440. The summed E-state index contributed by atoms with van der Waals surface area (Å²) >= 11 is 12.4. The Kier molecular flexibility index (Phi) is 9.92. The van der Waals surface area contributed by atoms with Gasteiger partial charge in [0.15, 0.2) is 11.5 Å². The van der Waals surface area contributed by atoms with Crippen molar-refractivity contribution in [3.63, 3.8) is 0 Å². The molecule has 0 radical (unpaired) electrons. The van der Waals surface area contributed by atoms with Gasteiger partial charge in [-0.15, -0.1) is 0 Å². The molecule has 0 unspecified atom stereocenters. The first-order valence-corrected chi connectivity index (χ1v) is 14.5. The van der Waals surface area contributed by atoms with Crippen molar-refractivity contribution in [2.75, 3.05) is 36.9 Å². The van der Waals surface area contributed by atoms with E-state index in [0.717, 1.165) is 17.0 Å². The van der Waals surface area contributed by atoms with Crippen molar-refractivity contribution in [2.45, 2.75) is 39.3 Å². The lowest BCUT2D eigenvalue weighted by molar-refractivity contribution is -0.140. The molecule has 1 N–H and O–H groups in total. The minimum atomic E-state index is -3.88. The first-order chi connectivity index (χ1) is 17.5. The predicted octanol–water partition coefficient (Wildman–Crippen LogP) is 3.86. The highest BCUT2D eigenvalue weighted by atomic mass is 35.5. The molecular weight excluding hydrogens is 541 g/mol. The molecule has 202 valence electrons. The molecule has 0 spiro atoms. The van der Waals surface area contributed by atoms with Crippen molar-refractivity contribution in [2.24, 2.45) is 0 Å². The molecule has 0 fully saturated rings. The second-order valence-corrected chi connectivity index (χ2v) is 11.3. The molecule has 9 nitrogen and oxygen atoms in total. The molecule has 1 heterocycles. The Balaban J connectivity index is 1.96.